The molecule has 1 aromatic heterocycles. The normalized spacial score (nSPS) is 12.1. The summed E-state index contributed by atoms with van der Waals surface area (Å²) in [5.74, 6) is -0.522. The van der Waals surface area contributed by atoms with Crippen molar-refractivity contribution in [1.29, 1.82) is 0 Å². The van der Waals surface area contributed by atoms with Crippen LogP contribution in [0, 0.1) is 0 Å². The van der Waals surface area contributed by atoms with Crippen LogP contribution in [0.1, 0.15) is 6.42 Å². The molecular formula is C8H12N4O2. The second kappa shape index (κ2) is 5.13. The van der Waals surface area contributed by atoms with E-state index in [0.29, 0.717) is 18.9 Å². The predicted molar refractivity (Wildman–Crippen MR) is 50.7 cm³/mol. The number of aliphatic carboxylic acids is 1. The van der Waals surface area contributed by atoms with E-state index in [2.05, 4.69) is 15.3 Å². The van der Waals surface area contributed by atoms with Crippen LogP contribution in [0.2, 0.25) is 0 Å². The lowest BCUT2D eigenvalue weighted by atomic mass is 10.2. The van der Waals surface area contributed by atoms with Gasteiger partial charge in [-0.3, -0.25) is 4.79 Å². The van der Waals surface area contributed by atoms with E-state index >= 15 is 0 Å². The first-order valence-corrected chi connectivity index (χ1v) is 4.19. The van der Waals surface area contributed by atoms with E-state index < -0.39 is 12.0 Å². The third kappa shape index (κ3) is 3.36. The van der Waals surface area contributed by atoms with Gasteiger partial charge in [-0.05, 0) is 12.5 Å². The van der Waals surface area contributed by atoms with Crippen LogP contribution in [-0.2, 0) is 4.79 Å². The first-order valence-electron chi connectivity index (χ1n) is 4.19. The standard InChI is InChI=1S/C8H12N4O2/c9-6(7(13)14)2-5-12-8-10-3-1-4-11-8/h1,3-4,6H,2,5,9H2,(H,13,14)(H,10,11,12)/t6-/m0/s1. The fourth-order valence-electron chi connectivity index (χ4n) is 0.853. The van der Waals surface area contributed by atoms with Gasteiger partial charge in [0.2, 0.25) is 5.95 Å². The molecule has 1 heterocycles. The van der Waals surface area contributed by atoms with Crippen LogP contribution < -0.4 is 11.1 Å². The van der Waals surface area contributed by atoms with Crippen LogP contribution in [0.15, 0.2) is 18.5 Å². The number of rotatable bonds is 5. The number of nitrogens with one attached hydrogen (secondary N) is 1. The molecule has 0 amide bonds. The minimum absolute atomic E-state index is 0.341. The maximum absolute atomic E-state index is 10.4. The number of nitrogens with two attached hydrogens (primary N) is 1. The summed E-state index contributed by atoms with van der Waals surface area (Å²) in [6, 6.07) is 0.861. The van der Waals surface area contributed by atoms with Crippen LogP contribution in [-0.4, -0.2) is 33.6 Å². The Morgan fingerprint density at radius 3 is 2.79 bits per heavy atom. The highest BCUT2D eigenvalue weighted by Crippen LogP contribution is 1.95. The molecule has 0 saturated carbocycles. The van der Waals surface area contributed by atoms with Crippen LogP contribution >= 0.6 is 0 Å². The third-order valence-electron chi connectivity index (χ3n) is 1.62. The lowest BCUT2D eigenvalue weighted by Crippen LogP contribution is -2.32. The van der Waals surface area contributed by atoms with Gasteiger partial charge in [0.15, 0.2) is 0 Å². The number of anilines is 1. The number of aromatic nitrogens is 2. The van der Waals surface area contributed by atoms with Gasteiger partial charge in [0.1, 0.15) is 6.04 Å². The average molecular weight is 196 g/mol. The van der Waals surface area contributed by atoms with Crippen LogP contribution in [0.25, 0.3) is 0 Å². The zero-order chi connectivity index (χ0) is 10.4. The summed E-state index contributed by atoms with van der Waals surface area (Å²) < 4.78 is 0. The summed E-state index contributed by atoms with van der Waals surface area (Å²) in [7, 11) is 0. The fourth-order valence-corrected chi connectivity index (χ4v) is 0.853. The molecule has 14 heavy (non-hydrogen) atoms. The molecular weight excluding hydrogens is 184 g/mol. The molecule has 76 valence electrons. The van der Waals surface area contributed by atoms with Crippen molar-refractivity contribution >= 4 is 11.9 Å². The van der Waals surface area contributed by atoms with Crippen molar-refractivity contribution < 1.29 is 9.90 Å². The fraction of sp³-hybridized carbons (Fsp3) is 0.375. The number of carbonyl (C=O) groups is 1. The van der Waals surface area contributed by atoms with E-state index in [1.165, 1.54) is 0 Å². The molecule has 0 aliphatic rings. The molecule has 1 rings (SSSR count). The van der Waals surface area contributed by atoms with Crippen molar-refractivity contribution in [2.24, 2.45) is 5.73 Å². The number of nitrogens with zero attached hydrogens (tertiary/aromatic N) is 2. The largest absolute Gasteiger partial charge is 0.480 e. The van der Waals surface area contributed by atoms with Crippen molar-refractivity contribution in [1.82, 2.24) is 9.97 Å². The van der Waals surface area contributed by atoms with Crippen molar-refractivity contribution in [3.8, 4) is 0 Å². The minimum atomic E-state index is -0.999. The SMILES string of the molecule is N[C@@H](CCNc1ncccn1)C(=O)O. The quantitative estimate of drug-likeness (QED) is 0.597. The second-order valence-corrected chi connectivity index (χ2v) is 2.73. The molecule has 1 aromatic rings. The summed E-state index contributed by atoms with van der Waals surface area (Å²) in [6.07, 6.45) is 3.55. The zero-order valence-corrected chi connectivity index (χ0v) is 7.55. The smallest absolute Gasteiger partial charge is 0.320 e. The predicted octanol–water partition coefficient (Wildman–Crippen LogP) is -0.310. The Morgan fingerprint density at radius 2 is 2.21 bits per heavy atom. The Labute approximate surface area is 81.2 Å². The maximum atomic E-state index is 10.4. The molecule has 0 unspecified atom stereocenters. The number of carboxylic acid groups (broad SMARTS) is 1. The molecule has 4 N–H and O–H groups in total. The Hall–Kier alpha value is -1.69. The molecule has 0 bridgehead atoms. The molecule has 0 aromatic carbocycles. The number of hydrogen-bond acceptors (Lipinski definition) is 5. The first kappa shape index (κ1) is 10.4. The molecule has 0 saturated heterocycles. The molecule has 6 nitrogen and oxygen atoms in total. The average Bonchev–Trinajstić information content (AvgIpc) is 2.19. The number of carboxylic acids is 1. The molecule has 6 heteroatoms. The molecule has 1 atom stereocenters. The van der Waals surface area contributed by atoms with Crippen molar-refractivity contribution in [2.45, 2.75) is 12.5 Å². The second-order valence-electron chi connectivity index (χ2n) is 2.73. The van der Waals surface area contributed by atoms with Gasteiger partial charge in [-0.2, -0.15) is 0 Å². The Balaban J connectivity index is 2.26. The summed E-state index contributed by atoms with van der Waals surface area (Å²) in [6.45, 7) is 0.442. The van der Waals surface area contributed by atoms with Gasteiger partial charge >= 0.3 is 5.97 Å². The van der Waals surface area contributed by atoms with Gasteiger partial charge in [-0.25, -0.2) is 9.97 Å². The lowest BCUT2D eigenvalue weighted by molar-refractivity contribution is -0.138. The Kier molecular flexibility index (Phi) is 3.81. The summed E-state index contributed by atoms with van der Waals surface area (Å²) in [5.41, 5.74) is 5.30. The third-order valence-corrected chi connectivity index (χ3v) is 1.62. The van der Waals surface area contributed by atoms with E-state index in [9.17, 15) is 4.79 Å². The minimum Gasteiger partial charge on any atom is -0.480 e. The topological polar surface area (TPSA) is 101 Å². The number of hydrogen-bond donors (Lipinski definition) is 3. The van der Waals surface area contributed by atoms with Crippen LogP contribution in [0.5, 0.6) is 0 Å². The molecule has 0 aliphatic carbocycles. The maximum Gasteiger partial charge on any atom is 0.320 e. The molecule has 0 fully saturated rings. The van der Waals surface area contributed by atoms with E-state index in [0.717, 1.165) is 0 Å². The highest BCUT2D eigenvalue weighted by atomic mass is 16.4. The van der Waals surface area contributed by atoms with E-state index in [1.807, 2.05) is 0 Å². The monoisotopic (exact) mass is 196 g/mol. The van der Waals surface area contributed by atoms with Gasteiger partial charge in [0.25, 0.3) is 0 Å². The van der Waals surface area contributed by atoms with Gasteiger partial charge in [-0.15, -0.1) is 0 Å². The summed E-state index contributed by atoms with van der Waals surface area (Å²) >= 11 is 0. The van der Waals surface area contributed by atoms with Gasteiger partial charge in [-0.1, -0.05) is 0 Å². The van der Waals surface area contributed by atoms with Crippen molar-refractivity contribution in [2.75, 3.05) is 11.9 Å². The van der Waals surface area contributed by atoms with E-state index in [1.54, 1.807) is 18.5 Å². The molecule has 0 aliphatic heterocycles. The van der Waals surface area contributed by atoms with Crippen molar-refractivity contribution in [3.63, 3.8) is 0 Å². The molecule has 0 radical (unpaired) electrons. The van der Waals surface area contributed by atoms with E-state index in [-0.39, 0.29) is 0 Å². The van der Waals surface area contributed by atoms with Crippen molar-refractivity contribution in [3.05, 3.63) is 18.5 Å². The van der Waals surface area contributed by atoms with Gasteiger partial charge < -0.3 is 16.2 Å². The van der Waals surface area contributed by atoms with Crippen LogP contribution in [0.3, 0.4) is 0 Å². The first-order chi connectivity index (χ1) is 6.70. The lowest BCUT2D eigenvalue weighted by Gasteiger charge is -2.06. The molecule has 0 spiro atoms. The van der Waals surface area contributed by atoms with Gasteiger partial charge in [0, 0.05) is 18.9 Å². The zero-order valence-electron chi connectivity index (χ0n) is 7.55. The highest BCUT2D eigenvalue weighted by molar-refractivity contribution is 5.73. The van der Waals surface area contributed by atoms with Gasteiger partial charge in [0.05, 0.1) is 0 Å². The summed E-state index contributed by atoms with van der Waals surface area (Å²) in [4.78, 5) is 18.2. The van der Waals surface area contributed by atoms with Crippen LogP contribution in [0.4, 0.5) is 5.95 Å². The Bertz CT molecular complexity index is 291. The summed E-state index contributed by atoms with van der Waals surface area (Å²) in [5, 5.41) is 11.4. The van der Waals surface area contributed by atoms with E-state index in [4.69, 9.17) is 10.8 Å². The highest BCUT2D eigenvalue weighted by Gasteiger charge is 2.10. The Morgan fingerprint density at radius 1 is 1.57 bits per heavy atom.